The van der Waals surface area contributed by atoms with Gasteiger partial charge in [0, 0.05) is 11.3 Å². The number of nitrogens with zero attached hydrogens (tertiary/aromatic N) is 1. The van der Waals surface area contributed by atoms with E-state index in [2.05, 4.69) is 16.5 Å². The molecule has 0 radical (unpaired) electrons. The van der Waals surface area contributed by atoms with Crippen LogP contribution >= 0.6 is 12.2 Å². The highest BCUT2D eigenvalue weighted by Gasteiger charge is 2.10. The Morgan fingerprint density at radius 2 is 2.20 bits per heavy atom. The molecule has 0 aliphatic heterocycles. The zero-order valence-corrected chi connectivity index (χ0v) is 14.3. The van der Waals surface area contributed by atoms with Crippen molar-refractivity contribution >= 4 is 24.4 Å². The molecule has 1 aromatic heterocycles. The molecule has 8 heteroatoms. The van der Waals surface area contributed by atoms with Crippen LogP contribution < -0.4 is 20.8 Å². The van der Waals surface area contributed by atoms with E-state index in [0.29, 0.717) is 28.5 Å². The van der Waals surface area contributed by atoms with E-state index in [1.54, 1.807) is 30.4 Å². The second-order valence-corrected chi connectivity index (χ2v) is 5.38. The lowest BCUT2D eigenvalue weighted by Crippen LogP contribution is -2.13. The molecule has 0 aliphatic rings. The molecule has 7 nitrogen and oxygen atoms in total. The highest BCUT2D eigenvalue weighted by molar-refractivity contribution is 7.71. The lowest BCUT2D eigenvalue weighted by molar-refractivity contribution is 0.318. The number of hydrogen-bond donors (Lipinski definition) is 3. The van der Waals surface area contributed by atoms with Crippen LogP contribution in [0.1, 0.15) is 16.8 Å². The number of aromatic nitrogens is 2. The molecule has 0 unspecified atom stereocenters. The van der Waals surface area contributed by atoms with E-state index in [1.807, 2.05) is 6.07 Å². The standard InChI is InChI=1S/C17H16N4O3S/c1-10(19)9-24-15-11(4-3-5-14(15)23-2)6-7-13-12(8-18)16(22)21-17(25)20-13/h3-7H,1,9,19H2,2H3,(H2,20,21,22,25)/b7-6+. The van der Waals surface area contributed by atoms with Crippen LogP contribution in [-0.4, -0.2) is 23.7 Å². The van der Waals surface area contributed by atoms with Crippen LogP contribution in [0.3, 0.4) is 0 Å². The summed E-state index contributed by atoms with van der Waals surface area (Å²) in [7, 11) is 1.52. The Hall–Kier alpha value is -3.31. The van der Waals surface area contributed by atoms with E-state index in [-0.39, 0.29) is 16.9 Å². The summed E-state index contributed by atoms with van der Waals surface area (Å²) in [5.74, 6) is 0.984. The van der Waals surface area contributed by atoms with Crippen molar-refractivity contribution in [1.82, 2.24) is 9.97 Å². The normalized spacial score (nSPS) is 10.4. The van der Waals surface area contributed by atoms with Crippen molar-refractivity contribution in [1.29, 1.82) is 5.26 Å². The largest absolute Gasteiger partial charge is 0.493 e. The first-order chi connectivity index (χ1) is 12.0. The van der Waals surface area contributed by atoms with Gasteiger partial charge in [0.1, 0.15) is 18.2 Å². The molecular weight excluding hydrogens is 340 g/mol. The molecule has 0 fully saturated rings. The summed E-state index contributed by atoms with van der Waals surface area (Å²) in [6.45, 7) is 3.72. The summed E-state index contributed by atoms with van der Waals surface area (Å²) in [4.78, 5) is 16.9. The number of methoxy groups -OCH3 is 1. The highest BCUT2D eigenvalue weighted by atomic mass is 32.1. The Morgan fingerprint density at radius 3 is 2.84 bits per heavy atom. The van der Waals surface area contributed by atoms with Crippen molar-refractivity contribution in [3.8, 4) is 17.6 Å². The first-order valence-corrected chi connectivity index (χ1v) is 7.55. The molecule has 0 bridgehead atoms. The van der Waals surface area contributed by atoms with E-state index in [1.165, 1.54) is 7.11 Å². The molecule has 1 heterocycles. The Labute approximate surface area is 149 Å². The number of nitrogens with one attached hydrogen (secondary N) is 2. The summed E-state index contributed by atoms with van der Waals surface area (Å²) in [6.07, 6.45) is 3.25. The number of nitrogens with two attached hydrogens (primary N) is 1. The van der Waals surface area contributed by atoms with Gasteiger partial charge >= 0.3 is 0 Å². The number of ether oxygens (including phenoxy) is 2. The molecule has 0 atom stereocenters. The molecule has 0 saturated heterocycles. The van der Waals surface area contributed by atoms with Gasteiger partial charge in [-0.2, -0.15) is 5.26 Å². The topological polar surface area (TPSA) is 117 Å². The molecule has 128 valence electrons. The Balaban J connectivity index is 2.49. The van der Waals surface area contributed by atoms with Gasteiger partial charge in [0.2, 0.25) is 0 Å². The minimum atomic E-state index is -0.549. The van der Waals surface area contributed by atoms with Crippen LogP contribution in [0.15, 0.2) is 35.3 Å². The Bertz CT molecular complexity index is 983. The maximum Gasteiger partial charge on any atom is 0.270 e. The fraction of sp³-hybridized carbons (Fsp3) is 0.118. The molecule has 2 rings (SSSR count). The third kappa shape index (κ3) is 4.37. The van der Waals surface area contributed by atoms with Crippen molar-refractivity contribution in [3.63, 3.8) is 0 Å². The summed E-state index contributed by atoms with van der Waals surface area (Å²) in [5.41, 5.74) is 6.27. The van der Waals surface area contributed by atoms with E-state index >= 15 is 0 Å². The van der Waals surface area contributed by atoms with Crippen molar-refractivity contribution in [3.05, 3.63) is 62.4 Å². The number of H-pyrrole nitrogens is 2. The van der Waals surface area contributed by atoms with Gasteiger partial charge in [-0.3, -0.25) is 9.78 Å². The molecule has 0 saturated carbocycles. The van der Waals surface area contributed by atoms with Gasteiger partial charge in [0.05, 0.1) is 12.8 Å². The number of aromatic amines is 2. The summed E-state index contributed by atoms with van der Waals surface area (Å²) < 4.78 is 11.1. The van der Waals surface area contributed by atoms with Gasteiger partial charge in [-0.15, -0.1) is 0 Å². The second-order valence-electron chi connectivity index (χ2n) is 4.97. The van der Waals surface area contributed by atoms with Gasteiger partial charge in [0.25, 0.3) is 5.56 Å². The van der Waals surface area contributed by atoms with Gasteiger partial charge in [-0.05, 0) is 30.4 Å². The highest BCUT2D eigenvalue weighted by Crippen LogP contribution is 2.32. The minimum Gasteiger partial charge on any atom is -0.493 e. The maximum absolute atomic E-state index is 11.8. The Kier molecular flexibility index (Phi) is 5.76. The molecule has 0 spiro atoms. The third-order valence-corrected chi connectivity index (χ3v) is 3.35. The molecule has 4 N–H and O–H groups in total. The SMILES string of the molecule is C=C(N)COc1c(/C=C/c2[nH]c(=S)[nH]c(=O)c2C#N)cccc1OC. The quantitative estimate of drug-likeness (QED) is 0.684. The van der Waals surface area contributed by atoms with E-state index in [9.17, 15) is 4.79 Å². The smallest absolute Gasteiger partial charge is 0.270 e. The van der Waals surface area contributed by atoms with Gasteiger partial charge < -0.3 is 20.2 Å². The zero-order valence-electron chi connectivity index (χ0n) is 13.5. The van der Waals surface area contributed by atoms with Crippen LogP contribution in [0.2, 0.25) is 0 Å². The van der Waals surface area contributed by atoms with Gasteiger partial charge in [-0.1, -0.05) is 18.7 Å². The lowest BCUT2D eigenvalue weighted by Gasteiger charge is -2.13. The predicted octanol–water partition coefficient (Wildman–Crippen LogP) is 2.33. The minimum absolute atomic E-state index is 0.0643. The van der Waals surface area contributed by atoms with E-state index in [0.717, 1.165) is 0 Å². The van der Waals surface area contributed by atoms with Crippen LogP contribution in [0.5, 0.6) is 11.5 Å². The van der Waals surface area contributed by atoms with E-state index < -0.39 is 5.56 Å². The molecule has 0 amide bonds. The molecule has 1 aromatic carbocycles. The van der Waals surface area contributed by atoms with Crippen molar-refractivity contribution in [2.24, 2.45) is 5.73 Å². The first kappa shape index (κ1) is 18.0. The van der Waals surface area contributed by atoms with Crippen molar-refractivity contribution < 1.29 is 9.47 Å². The Morgan fingerprint density at radius 1 is 1.44 bits per heavy atom. The summed E-state index contributed by atoms with van der Waals surface area (Å²) in [6, 6.07) is 7.17. The summed E-state index contributed by atoms with van der Waals surface area (Å²) in [5, 5.41) is 9.14. The molecule has 0 aliphatic carbocycles. The monoisotopic (exact) mass is 356 g/mol. The van der Waals surface area contributed by atoms with E-state index in [4.69, 9.17) is 32.7 Å². The van der Waals surface area contributed by atoms with Crippen LogP contribution in [0.25, 0.3) is 12.2 Å². The van der Waals surface area contributed by atoms with Crippen molar-refractivity contribution in [2.75, 3.05) is 13.7 Å². The predicted molar refractivity (Wildman–Crippen MR) is 97.7 cm³/mol. The third-order valence-electron chi connectivity index (χ3n) is 3.14. The van der Waals surface area contributed by atoms with Crippen molar-refractivity contribution in [2.45, 2.75) is 0 Å². The van der Waals surface area contributed by atoms with Crippen LogP contribution in [0, 0.1) is 16.1 Å². The van der Waals surface area contributed by atoms with Gasteiger partial charge in [0.15, 0.2) is 16.3 Å². The number of para-hydroxylation sites is 1. The maximum atomic E-state index is 11.8. The van der Waals surface area contributed by atoms with Gasteiger partial charge in [-0.25, -0.2) is 0 Å². The first-order valence-electron chi connectivity index (χ1n) is 7.14. The molecule has 25 heavy (non-hydrogen) atoms. The van der Waals surface area contributed by atoms with Crippen LogP contribution in [0.4, 0.5) is 0 Å². The number of hydrogen-bond acceptors (Lipinski definition) is 6. The lowest BCUT2D eigenvalue weighted by atomic mass is 10.1. The average molecular weight is 356 g/mol. The zero-order chi connectivity index (χ0) is 18.4. The second kappa shape index (κ2) is 7.99. The molecular formula is C17H16N4O3S. The van der Waals surface area contributed by atoms with Crippen LogP contribution in [-0.2, 0) is 0 Å². The fourth-order valence-electron chi connectivity index (χ4n) is 2.06. The molecule has 2 aromatic rings. The number of nitriles is 1. The fourth-order valence-corrected chi connectivity index (χ4v) is 2.26. The average Bonchev–Trinajstić information content (AvgIpc) is 2.57. The summed E-state index contributed by atoms with van der Waals surface area (Å²) >= 11 is 4.94. The number of rotatable bonds is 6. The number of benzene rings is 1.